The number of nitro groups is 1. The molecule has 19 heteroatoms. The van der Waals surface area contributed by atoms with Gasteiger partial charge in [0.2, 0.25) is 5.82 Å². The van der Waals surface area contributed by atoms with Crippen LogP contribution >= 0.6 is 0 Å². The van der Waals surface area contributed by atoms with Crippen molar-refractivity contribution in [2.24, 2.45) is 15.7 Å². The van der Waals surface area contributed by atoms with E-state index in [1.54, 1.807) is 36.9 Å². The Kier molecular flexibility index (Phi) is 13.8. The maximum absolute atomic E-state index is 14.0. The number of rotatable bonds is 14. The number of aromatic amines is 1. The van der Waals surface area contributed by atoms with E-state index in [0.29, 0.717) is 35.9 Å². The van der Waals surface area contributed by atoms with E-state index in [1.807, 2.05) is 12.1 Å². The summed E-state index contributed by atoms with van der Waals surface area (Å²) in [5.41, 5.74) is 4.07. The molecular weight excluding hydrogens is 917 g/mol. The zero-order chi connectivity index (χ0) is 48.7. The molecule has 4 aliphatic rings. The van der Waals surface area contributed by atoms with Crippen molar-refractivity contribution in [3.8, 4) is 11.5 Å². The molecule has 3 N–H and O–H groups in total. The number of hydrogen-bond donors (Lipinski definition) is 3. The standard InChI is InChI=1S/C50H64N10O7S2/c1-33(2)41-8-6-7-9-42(41)45-32-57(3)22-23-59(45)38-27-50(28-38)17-20-58(21-18-50)37-14-15-43(46(25-37)67-39-24-35-16-19-51-47(35)53-30-39)49(61)56-69(65,66)40-26-44(60(62)63)48(54-31-40)52-29-34-10-12-36(13-11-34)55-68(4,5)64/h6-9,14-16,19,24-26,30-31,33-34,36,38,45H,10-13,17-18,20-23,27-29,32H2,1-5H3,(H,51,53)(H,52,54)(H,56,61)/t34?,36?,45-/m1/s1. The van der Waals surface area contributed by atoms with Crippen molar-refractivity contribution in [1.29, 1.82) is 0 Å². The summed E-state index contributed by atoms with van der Waals surface area (Å²) in [7, 11) is -4.62. The van der Waals surface area contributed by atoms with E-state index in [1.165, 1.54) is 30.2 Å². The van der Waals surface area contributed by atoms with E-state index < -0.39 is 41.2 Å². The van der Waals surface area contributed by atoms with Crippen LogP contribution in [0.4, 0.5) is 17.2 Å². The molecule has 368 valence electrons. The molecule has 2 aliphatic carbocycles. The number of ether oxygens (including phenoxy) is 1. The molecule has 1 atom stereocenters. The van der Waals surface area contributed by atoms with Gasteiger partial charge < -0.3 is 24.8 Å². The van der Waals surface area contributed by atoms with Gasteiger partial charge in [-0.05, 0) is 111 Å². The molecule has 3 aromatic heterocycles. The summed E-state index contributed by atoms with van der Waals surface area (Å²) in [6.07, 6.45) is 15.0. The summed E-state index contributed by atoms with van der Waals surface area (Å²) in [5, 5.41) is 16.0. The number of anilines is 2. The fraction of sp³-hybridized carbons (Fsp3) is 0.500. The molecule has 4 fully saturated rings. The molecule has 2 saturated heterocycles. The van der Waals surface area contributed by atoms with E-state index in [2.05, 4.69) is 89.2 Å². The van der Waals surface area contributed by atoms with Crippen molar-refractivity contribution in [1.82, 2.24) is 29.5 Å². The highest BCUT2D eigenvalue weighted by Crippen LogP contribution is 2.53. The third-order valence-corrected chi connectivity index (χ3v) is 16.9. The van der Waals surface area contributed by atoms with E-state index >= 15 is 0 Å². The lowest BCUT2D eigenvalue weighted by Gasteiger charge is -2.58. The number of fused-ring (bicyclic) bond motifs is 1. The van der Waals surface area contributed by atoms with Crippen molar-refractivity contribution in [3.63, 3.8) is 0 Å². The van der Waals surface area contributed by atoms with Crippen LogP contribution in [0.1, 0.15) is 98.7 Å². The zero-order valence-corrected chi connectivity index (χ0v) is 41.7. The number of likely N-dealkylation sites (N-methyl/N-ethyl adjacent to an activating group) is 1. The van der Waals surface area contributed by atoms with Crippen LogP contribution in [0.2, 0.25) is 0 Å². The first-order valence-corrected chi connectivity index (χ1v) is 27.9. The molecule has 2 saturated carbocycles. The Labute approximate surface area is 405 Å². The van der Waals surface area contributed by atoms with Gasteiger partial charge in [0.1, 0.15) is 22.0 Å². The van der Waals surface area contributed by atoms with Gasteiger partial charge in [0.05, 0.1) is 28.9 Å². The average molecular weight is 981 g/mol. The fourth-order valence-corrected chi connectivity index (χ4v) is 12.9. The molecule has 69 heavy (non-hydrogen) atoms. The predicted molar refractivity (Wildman–Crippen MR) is 269 cm³/mol. The number of sulfonamides is 1. The molecule has 2 aromatic carbocycles. The van der Waals surface area contributed by atoms with Crippen LogP contribution in [0.25, 0.3) is 11.0 Å². The Hall–Kier alpha value is -5.63. The number of pyridine rings is 2. The minimum absolute atomic E-state index is 0.0200. The maximum atomic E-state index is 14.0. The lowest BCUT2D eigenvalue weighted by molar-refractivity contribution is -0.384. The van der Waals surface area contributed by atoms with Crippen molar-refractivity contribution in [2.45, 2.75) is 94.2 Å². The van der Waals surface area contributed by atoms with Crippen molar-refractivity contribution in [3.05, 3.63) is 106 Å². The summed E-state index contributed by atoms with van der Waals surface area (Å²) >= 11 is 0. The van der Waals surface area contributed by atoms with E-state index in [9.17, 15) is 27.5 Å². The first-order chi connectivity index (χ1) is 32.9. The third-order valence-electron chi connectivity index (χ3n) is 14.8. The number of H-pyrrole nitrogens is 1. The van der Waals surface area contributed by atoms with Crippen LogP contribution < -0.4 is 19.7 Å². The monoisotopic (exact) mass is 980 g/mol. The number of carbonyl (C=O) groups excluding carboxylic acids is 1. The summed E-state index contributed by atoms with van der Waals surface area (Å²) in [5.74, 6) is 0.0704. The molecule has 0 unspecified atom stereocenters. The van der Waals surface area contributed by atoms with Gasteiger partial charge in [-0.1, -0.05) is 38.1 Å². The second-order valence-corrected chi connectivity index (χ2v) is 24.5. The smallest absolute Gasteiger partial charge is 0.312 e. The van der Waals surface area contributed by atoms with Crippen LogP contribution in [-0.2, 0) is 19.8 Å². The highest BCUT2D eigenvalue weighted by Gasteiger charge is 2.50. The van der Waals surface area contributed by atoms with Crippen LogP contribution in [-0.4, -0.2) is 119 Å². The third kappa shape index (κ3) is 10.9. The Morgan fingerprint density at radius 1 is 0.971 bits per heavy atom. The number of hydrogen-bond acceptors (Lipinski definition) is 14. The molecular formula is C50H64N10O7S2. The van der Waals surface area contributed by atoms with Gasteiger partial charge >= 0.3 is 5.69 Å². The molecule has 1 amide bonds. The quantitative estimate of drug-likeness (QED) is 0.0707. The summed E-state index contributed by atoms with van der Waals surface area (Å²) in [6.45, 7) is 9.73. The second-order valence-electron chi connectivity index (χ2n) is 20.3. The number of nitrogens with one attached hydrogen (secondary N) is 3. The van der Waals surface area contributed by atoms with Crippen LogP contribution in [0, 0.1) is 21.4 Å². The molecule has 2 aliphatic heterocycles. The zero-order valence-electron chi connectivity index (χ0n) is 40.1. The minimum Gasteiger partial charge on any atom is -0.455 e. The highest BCUT2D eigenvalue weighted by atomic mass is 32.2. The van der Waals surface area contributed by atoms with Gasteiger partial charge in [0.25, 0.3) is 15.9 Å². The lowest BCUT2D eigenvalue weighted by Crippen LogP contribution is -2.59. The number of amides is 1. The lowest BCUT2D eigenvalue weighted by atomic mass is 9.59. The van der Waals surface area contributed by atoms with E-state index in [4.69, 9.17) is 4.74 Å². The topological polar surface area (TPSA) is 208 Å². The molecule has 0 radical (unpaired) electrons. The van der Waals surface area contributed by atoms with Crippen LogP contribution in [0.5, 0.6) is 11.5 Å². The number of carbonyl (C=O) groups is 1. The summed E-state index contributed by atoms with van der Waals surface area (Å²) in [6, 6.07) is 19.6. The number of piperidine rings is 1. The maximum Gasteiger partial charge on any atom is 0.312 e. The summed E-state index contributed by atoms with van der Waals surface area (Å²) < 4.78 is 52.6. The predicted octanol–water partition coefficient (Wildman–Crippen LogP) is 8.34. The Morgan fingerprint density at radius 3 is 2.45 bits per heavy atom. The molecule has 0 bridgehead atoms. The van der Waals surface area contributed by atoms with Crippen molar-refractivity contribution < 1.29 is 27.1 Å². The van der Waals surface area contributed by atoms with Crippen molar-refractivity contribution in [2.75, 3.05) is 69.0 Å². The number of nitrogens with zero attached hydrogens (tertiary/aromatic N) is 7. The first-order valence-electron chi connectivity index (χ1n) is 24.1. The Balaban J connectivity index is 0.886. The van der Waals surface area contributed by atoms with Crippen molar-refractivity contribution >= 4 is 53.9 Å². The largest absolute Gasteiger partial charge is 0.455 e. The SMILES string of the molecule is CC(C)c1ccccc1[C@H]1CN(C)CCN1C1CC2(CCN(c3ccc(C(=O)NS(=O)(=O)c4cnc(NCC5CCC(N=S(C)(C)=O)CC5)c([N+](=O)[O-])c4)c(Oc4cnc5[nH]ccc5c4)c3)CC2)C1. The van der Waals surface area contributed by atoms with Crippen LogP contribution in [0.15, 0.2) is 88.5 Å². The van der Waals surface area contributed by atoms with Gasteiger partial charge in [-0.15, -0.1) is 0 Å². The molecule has 9 rings (SSSR count). The fourth-order valence-electron chi connectivity index (χ4n) is 11.0. The number of piperazine rings is 1. The number of benzene rings is 2. The van der Waals surface area contributed by atoms with Gasteiger partial charge in [0.15, 0.2) is 0 Å². The van der Waals surface area contributed by atoms with Gasteiger partial charge in [0, 0.05) is 103 Å². The van der Waals surface area contributed by atoms with Gasteiger partial charge in [-0.25, -0.2) is 27.5 Å². The van der Waals surface area contributed by atoms with Gasteiger partial charge in [-0.3, -0.25) is 24.0 Å². The van der Waals surface area contributed by atoms with E-state index in [-0.39, 0.29) is 34.5 Å². The first kappa shape index (κ1) is 48.4. The van der Waals surface area contributed by atoms with E-state index in [0.717, 1.165) is 94.6 Å². The molecule has 17 nitrogen and oxygen atoms in total. The highest BCUT2D eigenvalue weighted by molar-refractivity contribution is 7.92. The normalized spacial score (nSPS) is 21.5. The molecule has 5 heterocycles. The minimum atomic E-state index is -4.65. The second kappa shape index (κ2) is 19.6. The number of aromatic nitrogens is 3. The average Bonchev–Trinajstić information content (AvgIpc) is 3.78. The Bertz CT molecular complexity index is 2940. The molecule has 1 spiro atoms. The van der Waals surface area contributed by atoms with Crippen LogP contribution in [0.3, 0.4) is 0 Å². The summed E-state index contributed by atoms with van der Waals surface area (Å²) in [4.78, 5) is 44.2. The van der Waals surface area contributed by atoms with Gasteiger partial charge in [-0.2, -0.15) is 0 Å². The Morgan fingerprint density at radius 2 is 1.72 bits per heavy atom. The molecule has 5 aromatic rings.